The van der Waals surface area contributed by atoms with Crippen LogP contribution < -0.4 is 5.32 Å². The summed E-state index contributed by atoms with van der Waals surface area (Å²) in [4.78, 5) is 15.7. The van der Waals surface area contributed by atoms with Crippen LogP contribution in [0.5, 0.6) is 0 Å². The molecule has 100 valence electrons. The molecule has 19 heavy (non-hydrogen) atoms. The van der Waals surface area contributed by atoms with Crippen LogP contribution in [0.2, 0.25) is 0 Å². The molecule has 0 saturated heterocycles. The van der Waals surface area contributed by atoms with Crippen molar-refractivity contribution in [1.29, 1.82) is 0 Å². The molecule has 2 aromatic rings. The van der Waals surface area contributed by atoms with Crippen molar-refractivity contribution in [3.63, 3.8) is 0 Å². The summed E-state index contributed by atoms with van der Waals surface area (Å²) >= 11 is 5.73. The number of aromatic nitrogens is 3. The first kappa shape index (κ1) is 13.5. The van der Waals surface area contributed by atoms with Crippen LogP contribution in [0.1, 0.15) is 24.2 Å². The van der Waals surface area contributed by atoms with Crippen LogP contribution in [0.15, 0.2) is 36.7 Å². The monoisotopic (exact) mass is 278 g/mol. The SMILES string of the molecule is CC(Cl)C(=O)NCC(c1ccccc1)c1ncn[nH]1. The Morgan fingerprint density at radius 2 is 2.16 bits per heavy atom. The highest BCUT2D eigenvalue weighted by Crippen LogP contribution is 2.20. The van der Waals surface area contributed by atoms with E-state index in [0.717, 1.165) is 5.56 Å². The molecule has 0 aliphatic rings. The summed E-state index contributed by atoms with van der Waals surface area (Å²) in [5.74, 6) is 0.457. The summed E-state index contributed by atoms with van der Waals surface area (Å²) in [6.45, 7) is 2.07. The van der Waals surface area contributed by atoms with Crippen molar-refractivity contribution < 1.29 is 4.79 Å². The summed E-state index contributed by atoms with van der Waals surface area (Å²) < 4.78 is 0. The van der Waals surface area contributed by atoms with Crippen molar-refractivity contribution >= 4 is 17.5 Å². The average Bonchev–Trinajstić information content (AvgIpc) is 2.94. The number of nitrogens with zero attached hydrogens (tertiary/aromatic N) is 2. The van der Waals surface area contributed by atoms with Gasteiger partial charge in [0.15, 0.2) is 0 Å². The molecule has 2 unspecified atom stereocenters. The Morgan fingerprint density at radius 3 is 2.74 bits per heavy atom. The fraction of sp³-hybridized carbons (Fsp3) is 0.308. The Kier molecular flexibility index (Phi) is 4.52. The Bertz CT molecular complexity index is 513. The number of alkyl halides is 1. The van der Waals surface area contributed by atoms with Gasteiger partial charge in [-0.1, -0.05) is 30.3 Å². The number of H-pyrrole nitrogens is 1. The molecule has 0 radical (unpaired) electrons. The van der Waals surface area contributed by atoms with Crippen molar-refractivity contribution in [3.05, 3.63) is 48.0 Å². The first-order valence-electron chi connectivity index (χ1n) is 6.00. The molecule has 2 N–H and O–H groups in total. The summed E-state index contributed by atoms with van der Waals surface area (Å²) in [5, 5.41) is 8.96. The number of benzene rings is 1. The second-order valence-corrected chi connectivity index (χ2v) is 4.85. The van der Waals surface area contributed by atoms with Gasteiger partial charge < -0.3 is 5.32 Å². The highest BCUT2D eigenvalue weighted by atomic mass is 35.5. The minimum absolute atomic E-state index is 0.0666. The molecular weight excluding hydrogens is 264 g/mol. The van der Waals surface area contributed by atoms with Crippen molar-refractivity contribution in [2.24, 2.45) is 0 Å². The van der Waals surface area contributed by atoms with Crippen molar-refractivity contribution in [3.8, 4) is 0 Å². The number of amides is 1. The van der Waals surface area contributed by atoms with E-state index in [1.54, 1.807) is 6.92 Å². The second kappa shape index (κ2) is 6.33. The van der Waals surface area contributed by atoms with E-state index >= 15 is 0 Å². The number of nitrogens with one attached hydrogen (secondary N) is 2. The maximum absolute atomic E-state index is 11.6. The van der Waals surface area contributed by atoms with Gasteiger partial charge >= 0.3 is 0 Å². The molecule has 1 amide bonds. The molecule has 0 aliphatic heterocycles. The van der Waals surface area contributed by atoms with Crippen LogP contribution in [-0.4, -0.2) is 33.0 Å². The van der Waals surface area contributed by atoms with Crippen molar-refractivity contribution in [2.75, 3.05) is 6.54 Å². The van der Waals surface area contributed by atoms with Crippen LogP contribution in [0, 0.1) is 0 Å². The van der Waals surface area contributed by atoms with Gasteiger partial charge in [-0.15, -0.1) is 11.6 Å². The number of hydrogen-bond acceptors (Lipinski definition) is 3. The first-order chi connectivity index (χ1) is 9.18. The lowest BCUT2D eigenvalue weighted by Crippen LogP contribution is -2.33. The Balaban J connectivity index is 2.15. The Hall–Kier alpha value is -1.88. The summed E-state index contributed by atoms with van der Waals surface area (Å²) in [5.41, 5.74) is 1.06. The first-order valence-corrected chi connectivity index (χ1v) is 6.44. The fourth-order valence-electron chi connectivity index (χ4n) is 1.78. The lowest BCUT2D eigenvalue weighted by atomic mass is 9.98. The number of halogens is 1. The summed E-state index contributed by atoms with van der Waals surface area (Å²) in [6, 6.07) is 9.82. The smallest absolute Gasteiger partial charge is 0.237 e. The zero-order chi connectivity index (χ0) is 13.7. The Labute approximate surface area is 116 Å². The van der Waals surface area contributed by atoms with Gasteiger partial charge in [0.25, 0.3) is 0 Å². The number of carbonyl (C=O) groups is 1. The Morgan fingerprint density at radius 1 is 1.42 bits per heavy atom. The predicted octanol–water partition coefficient (Wildman–Crippen LogP) is 1.68. The summed E-state index contributed by atoms with van der Waals surface area (Å²) in [7, 11) is 0. The molecule has 2 atom stereocenters. The molecule has 6 heteroatoms. The molecule has 0 fully saturated rings. The van der Waals surface area contributed by atoms with Gasteiger partial charge in [0.05, 0.1) is 5.92 Å². The minimum Gasteiger partial charge on any atom is -0.354 e. The fourth-order valence-corrected chi connectivity index (χ4v) is 1.86. The van der Waals surface area contributed by atoms with Crippen molar-refractivity contribution in [2.45, 2.75) is 18.2 Å². The van der Waals surface area contributed by atoms with Crippen LogP contribution in [0.3, 0.4) is 0 Å². The van der Waals surface area contributed by atoms with Crippen LogP contribution in [0.25, 0.3) is 0 Å². The molecule has 1 aromatic heterocycles. The molecule has 0 spiro atoms. The third-order valence-corrected chi connectivity index (χ3v) is 3.01. The van der Waals surface area contributed by atoms with E-state index in [0.29, 0.717) is 12.4 Å². The van der Waals surface area contributed by atoms with Gasteiger partial charge in [-0.2, -0.15) is 5.10 Å². The largest absolute Gasteiger partial charge is 0.354 e. The molecule has 5 nitrogen and oxygen atoms in total. The quantitative estimate of drug-likeness (QED) is 0.818. The minimum atomic E-state index is -0.550. The van der Waals surface area contributed by atoms with E-state index in [2.05, 4.69) is 20.5 Å². The molecule has 0 bridgehead atoms. The lowest BCUT2D eigenvalue weighted by Gasteiger charge is -2.16. The third-order valence-electron chi connectivity index (χ3n) is 2.81. The van der Waals surface area contributed by atoms with Gasteiger partial charge in [-0.05, 0) is 12.5 Å². The van der Waals surface area contributed by atoms with Gasteiger partial charge in [0.1, 0.15) is 17.5 Å². The number of aromatic amines is 1. The van der Waals surface area contributed by atoms with Crippen LogP contribution >= 0.6 is 11.6 Å². The van der Waals surface area contributed by atoms with E-state index in [4.69, 9.17) is 11.6 Å². The van der Waals surface area contributed by atoms with E-state index < -0.39 is 5.38 Å². The summed E-state index contributed by atoms with van der Waals surface area (Å²) in [6.07, 6.45) is 1.46. The third kappa shape index (κ3) is 3.54. The maximum Gasteiger partial charge on any atom is 0.237 e. The molecular formula is C13H15ClN4O. The van der Waals surface area contributed by atoms with Crippen molar-refractivity contribution in [1.82, 2.24) is 20.5 Å². The van der Waals surface area contributed by atoms with E-state index in [-0.39, 0.29) is 11.8 Å². The van der Waals surface area contributed by atoms with Crippen LogP contribution in [0.4, 0.5) is 0 Å². The maximum atomic E-state index is 11.6. The molecule has 1 heterocycles. The second-order valence-electron chi connectivity index (χ2n) is 4.20. The highest BCUT2D eigenvalue weighted by Gasteiger charge is 2.19. The molecule has 0 saturated carbocycles. The topological polar surface area (TPSA) is 70.7 Å². The van der Waals surface area contributed by atoms with Gasteiger partial charge in [0.2, 0.25) is 5.91 Å². The predicted molar refractivity (Wildman–Crippen MR) is 73.0 cm³/mol. The highest BCUT2D eigenvalue weighted by molar-refractivity contribution is 6.30. The zero-order valence-corrected chi connectivity index (χ0v) is 11.3. The average molecular weight is 279 g/mol. The molecule has 0 aliphatic carbocycles. The van der Waals surface area contributed by atoms with E-state index in [1.165, 1.54) is 6.33 Å². The molecule has 1 aromatic carbocycles. The molecule has 2 rings (SSSR count). The van der Waals surface area contributed by atoms with Crippen LogP contribution in [-0.2, 0) is 4.79 Å². The zero-order valence-electron chi connectivity index (χ0n) is 10.5. The van der Waals surface area contributed by atoms with Gasteiger partial charge in [-0.25, -0.2) is 4.98 Å². The van der Waals surface area contributed by atoms with Gasteiger partial charge in [0, 0.05) is 6.54 Å². The van der Waals surface area contributed by atoms with E-state index in [1.807, 2.05) is 30.3 Å². The number of rotatable bonds is 5. The number of carbonyl (C=O) groups excluding carboxylic acids is 1. The van der Waals surface area contributed by atoms with E-state index in [9.17, 15) is 4.79 Å². The standard InChI is InChI=1S/C13H15ClN4O/c1-9(14)13(19)15-7-11(12-16-8-17-18-12)10-5-3-2-4-6-10/h2-6,8-9,11H,7H2,1H3,(H,15,19)(H,16,17,18). The van der Waals surface area contributed by atoms with Gasteiger partial charge in [-0.3, -0.25) is 9.89 Å². The number of hydrogen-bond donors (Lipinski definition) is 2. The normalized spacial score (nSPS) is 13.8. The lowest BCUT2D eigenvalue weighted by molar-refractivity contribution is -0.120.